The molecule has 18 heavy (non-hydrogen) atoms. The van der Waals surface area contributed by atoms with Crippen LogP contribution < -0.4 is 10.6 Å². The Morgan fingerprint density at radius 2 is 2.00 bits per heavy atom. The summed E-state index contributed by atoms with van der Waals surface area (Å²) in [5.41, 5.74) is 6.29. The lowest BCUT2D eigenvalue weighted by molar-refractivity contribution is 0.318. The van der Waals surface area contributed by atoms with E-state index in [1.807, 2.05) is 18.9 Å². The molecule has 1 rings (SSSR count). The first-order valence-electron chi connectivity index (χ1n) is 5.88. The number of nitrogens with zero attached hydrogens (tertiary/aromatic N) is 2. The highest BCUT2D eigenvalue weighted by atomic mass is 19.1. The number of benzene rings is 1. The fourth-order valence-electron chi connectivity index (χ4n) is 1.68. The minimum Gasteiger partial charge on any atom is -0.409 e. The van der Waals surface area contributed by atoms with Gasteiger partial charge < -0.3 is 15.8 Å². The summed E-state index contributed by atoms with van der Waals surface area (Å²) in [6.07, 6.45) is 0. The molecule has 5 heteroatoms. The minimum atomic E-state index is -0.380. The van der Waals surface area contributed by atoms with E-state index in [0.717, 1.165) is 0 Å². The molecule has 0 amide bonds. The van der Waals surface area contributed by atoms with Crippen molar-refractivity contribution >= 4 is 11.5 Å². The SMILES string of the molecule is CC(C)C(C)N(C)c1ccc(/C(N)=N/O)cc1F. The summed E-state index contributed by atoms with van der Waals surface area (Å²) in [5.74, 6) is -0.0627. The molecule has 1 atom stereocenters. The molecule has 0 spiro atoms. The highest BCUT2D eigenvalue weighted by Gasteiger charge is 2.17. The third-order valence-corrected chi connectivity index (χ3v) is 3.31. The van der Waals surface area contributed by atoms with E-state index in [4.69, 9.17) is 10.9 Å². The van der Waals surface area contributed by atoms with E-state index in [1.54, 1.807) is 12.1 Å². The van der Waals surface area contributed by atoms with E-state index in [9.17, 15) is 4.39 Å². The van der Waals surface area contributed by atoms with Crippen LogP contribution in [-0.4, -0.2) is 24.1 Å². The Morgan fingerprint density at radius 1 is 1.39 bits per heavy atom. The van der Waals surface area contributed by atoms with Crippen molar-refractivity contribution in [2.45, 2.75) is 26.8 Å². The molecule has 0 aliphatic rings. The third-order valence-electron chi connectivity index (χ3n) is 3.31. The van der Waals surface area contributed by atoms with Crippen LogP contribution in [0.15, 0.2) is 23.4 Å². The van der Waals surface area contributed by atoms with Crippen molar-refractivity contribution in [3.8, 4) is 0 Å². The van der Waals surface area contributed by atoms with Gasteiger partial charge in [-0.15, -0.1) is 0 Å². The molecule has 1 aromatic rings. The lowest BCUT2D eigenvalue weighted by Gasteiger charge is -2.30. The zero-order valence-electron chi connectivity index (χ0n) is 11.2. The first-order chi connectivity index (χ1) is 8.38. The van der Waals surface area contributed by atoms with Gasteiger partial charge in [0.25, 0.3) is 0 Å². The quantitative estimate of drug-likeness (QED) is 0.375. The predicted octanol–water partition coefficient (Wildman–Crippen LogP) is 2.40. The lowest BCUT2D eigenvalue weighted by atomic mass is 10.0. The number of hydrogen-bond acceptors (Lipinski definition) is 3. The van der Waals surface area contributed by atoms with E-state index in [2.05, 4.69) is 19.0 Å². The summed E-state index contributed by atoms with van der Waals surface area (Å²) in [6, 6.07) is 4.77. The van der Waals surface area contributed by atoms with Crippen molar-refractivity contribution in [2.24, 2.45) is 16.8 Å². The largest absolute Gasteiger partial charge is 0.409 e. The Balaban J connectivity index is 3.06. The van der Waals surface area contributed by atoms with Gasteiger partial charge in [-0.05, 0) is 31.0 Å². The molecule has 1 unspecified atom stereocenters. The Bertz CT molecular complexity index is 446. The summed E-state index contributed by atoms with van der Waals surface area (Å²) in [6.45, 7) is 6.22. The highest BCUT2D eigenvalue weighted by molar-refractivity contribution is 5.97. The van der Waals surface area contributed by atoms with Gasteiger partial charge in [-0.2, -0.15) is 0 Å². The van der Waals surface area contributed by atoms with Crippen LogP contribution in [0.25, 0.3) is 0 Å². The zero-order chi connectivity index (χ0) is 13.9. The van der Waals surface area contributed by atoms with Crippen LogP contribution in [0.2, 0.25) is 0 Å². The number of rotatable bonds is 4. The molecule has 0 heterocycles. The fourth-order valence-corrected chi connectivity index (χ4v) is 1.68. The second-order valence-electron chi connectivity index (χ2n) is 4.75. The molecular formula is C13H20FN3O. The molecule has 0 saturated heterocycles. The van der Waals surface area contributed by atoms with E-state index >= 15 is 0 Å². The Kier molecular flexibility index (Phi) is 4.53. The molecule has 0 radical (unpaired) electrons. The molecule has 0 saturated carbocycles. The van der Waals surface area contributed by atoms with Crippen LogP contribution in [0.4, 0.5) is 10.1 Å². The van der Waals surface area contributed by atoms with Crippen molar-refractivity contribution in [1.82, 2.24) is 0 Å². The van der Waals surface area contributed by atoms with Gasteiger partial charge in [0.15, 0.2) is 5.84 Å². The number of anilines is 1. The second-order valence-corrected chi connectivity index (χ2v) is 4.75. The Morgan fingerprint density at radius 3 is 2.44 bits per heavy atom. The first-order valence-corrected chi connectivity index (χ1v) is 5.88. The number of oxime groups is 1. The van der Waals surface area contributed by atoms with Crippen molar-refractivity contribution < 1.29 is 9.60 Å². The van der Waals surface area contributed by atoms with Gasteiger partial charge in [0.2, 0.25) is 0 Å². The van der Waals surface area contributed by atoms with Gasteiger partial charge in [0.1, 0.15) is 5.82 Å². The van der Waals surface area contributed by atoms with E-state index < -0.39 is 0 Å². The molecule has 3 N–H and O–H groups in total. The van der Waals surface area contributed by atoms with Crippen LogP contribution in [0, 0.1) is 11.7 Å². The normalized spacial score (nSPS) is 13.8. The minimum absolute atomic E-state index is 0.0972. The molecule has 1 aromatic carbocycles. The second kappa shape index (κ2) is 5.71. The number of halogens is 1. The number of hydrogen-bond donors (Lipinski definition) is 2. The van der Waals surface area contributed by atoms with Crippen LogP contribution in [0.5, 0.6) is 0 Å². The Labute approximate surface area is 107 Å². The van der Waals surface area contributed by atoms with Gasteiger partial charge in [0, 0.05) is 18.7 Å². The van der Waals surface area contributed by atoms with E-state index in [1.165, 1.54) is 6.07 Å². The maximum absolute atomic E-state index is 14.0. The topological polar surface area (TPSA) is 61.8 Å². The summed E-state index contributed by atoms with van der Waals surface area (Å²) in [7, 11) is 1.85. The van der Waals surface area contributed by atoms with E-state index in [-0.39, 0.29) is 17.7 Å². The van der Waals surface area contributed by atoms with Crippen LogP contribution >= 0.6 is 0 Å². The van der Waals surface area contributed by atoms with Crippen molar-refractivity contribution in [3.63, 3.8) is 0 Å². The smallest absolute Gasteiger partial charge is 0.170 e. The molecular weight excluding hydrogens is 233 g/mol. The molecule has 0 aliphatic heterocycles. The van der Waals surface area contributed by atoms with Crippen molar-refractivity contribution in [1.29, 1.82) is 0 Å². The predicted molar refractivity (Wildman–Crippen MR) is 71.6 cm³/mol. The molecule has 0 fully saturated rings. The first kappa shape index (κ1) is 14.3. The lowest BCUT2D eigenvalue weighted by Crippen LogP contribution is -2.33. The van der Waals surface area contributed by atoms with Crippen molar-refractivity contribution in [2.75, 3.05) is 11.9 Å². The average Bonchev–Trinajstić information content (AvgIpc) is 2.35. The fraction of sp³-hybridized carbons (Fsp3) is 0.462. The summed E-state index contributed by atoms with van der Waals surface area (Å²) >= 11 is 0. The third kappa shape index (κ3) is 2.91. The zero-order valence-corrected chi connectivity index (χ0v) is 11.2. The molecule has 0 aliphatic carbocycles. The van der Waals surface area contributed by atoms with Crippen LogP contribution in [-0.2, 0) is 0 Å². The van der Waals surface area contributed by atoms with Crippen LogP contribution in [0.1, 0.15) is 26.3 Å². The van der Waals surface area contributed by atoms with Gasteiger partial charge >= 0.3 is 0 Å². The molecule has 100 valence electrons. The van der Waals surface area contributed by atoms with Gasteiger partial charge in [-0.3, -0.25) is 0 Å². The summed E-state index contributed by atoms with van der Waals surface area (Å²) in [5, 5.41) is 11.4. The highest BCUT2D eigenvalue weighted by Crippen LogP contribution is 2.23. The van der Waals surface area contributed by atoms with Gasteiger partial charge in [0.05, 0.1) is 5.69 Å². The number of nitrogens with two attached hydrogens (primary N) is 1. The van der Waals surface area contributed by atoms with Crippen LogP contribution in [0.3, 0.4) is 0 Å². The van der Waals surface area contributed by atoms with E-state index in [0.29, 0.717) is 17.2 Å². The maximum atomic E-state index is 14.0. The molecule has 0 bridgehead atoms. The van der Waals surface area contributed by atoms with Gasteiger partial charge in [-0.25, -0.2) is 4.39 Å². The molecule has 4 nitrogen and oxygen atoms in total. The summed E-state index contributed by atoms with van der Waals surface area (Å²) in [4.78, 5) is 1.88. The maximum Gasteiger partial charge on any atom is 0.170 e. The summed E-state index contributed by atoms with van der Waals surface area (Å²) < 4.78 is 14.0. The monoisotopic (exact) mass is 253 g/mol. The average molecular weight is 253 g/mol. The number of amidine groups is 1. The van der Waals surface area contributed by atoms with Gasteiger partial charge in [-0.1, -0.05) is 19.0 Å². The molecule has 0 aromatic heterocycles. The Hall–Kier alpha value is -1.78. The standard InChI is InChI=1S/C13H20FN3O/c1-8(2)9(3)17(4)12-6-5-10(7-11(12)14)13(15)16-18/h5-9,18H,1-4H3,(H2,15,16). The van der Waals surface area contributed by atoms with Crippen molar-refractivity contribution in [3.05, 3.63) is 29.6 Å².